The number of carbonyl (C=O) groups is 1. The van der Waals surface area contributed by atoms with Gasteiger partial charge in [-0.1, -0.05) is 30.3 Å². The number of fused-ring (bicyclic) bond motifs is 4. The minimum atomic E-state index is -0.286. The summed E-state index contributed by atoms with van der Waals surface area (Å²) in [6.07, 6.45) is 6.53. The van der Waals surface area contributed by atoms with Crippen LogP contribution in [-0.2, 0) is 13.0 Å². The van der Waals surface area contributed by atoms with Gasteiger partial charge < -0.3 is 14.8 Å². The Morgan fingerprint density at radius 3 is 2.62 bits per heavy atom. The van der Waals surface area contributed by atoms with Gasteiger partial charge in [-0.05, 0) is 61.6 Å². The molecule has 2 atom stereocenters. The summed E-state index contributed by atoms with van der Waals surface area (Å²) in [5.41, 5.74) is 3.22. The van der Waals surface area contributed by atoms with E-state index in [0.717, 1.165) is 51.1 Å². The number of piperidine rings is 1. The Balaban J connectivity index is 1.26. The van der Waals surface area contributed by atoms with Crippen molar-refractivity contribution in [3.8, 4) is 0 Å². The molecule has 3 aromatic rings. The lowest BCUT2D eigenvalue weighted by atomic mass is 9.83. The van der Waals surface area contributed by atoms with Gasteiger partial charge in [0.05, 0.1) is 0 Å². The van der Waals surface area contributed by atoms with E-state index in [9.17, 15) is 9.59 Å². The first-order chi connectivity index (χ1) is 15.7. The fraction of sp³-hybridized carbons (Fsp3) is 0.346. The molecule has 32 heavy (non-hydrogen) atoms. The molecule has 0 spiro atoms. The zero-order valence-electron chi connectivity index (χ0n) is 18.1. The maximum absolute atomic E-state index is 13.1. The van der Waals surface area contributed by atoms with E-state index in [1.165, 1.54) is 5.56 Å². The van der Waals surface area contributed by atoms with E-state index in [1.54, 1.807) is 30.6 Å². The SMILES string of the molecule is O=C(Nc1ccc2n(c1=O)C[C@@H]1C[C@@H]2CN(CCCc2ccccc2)C1)c1ccncc1. The van der Waals surface area contributed by atoms with Crippen LogP contribution in [0.2, 0.25) is 0 Å². The molecule has 2 bridgehead atoms. The molecule has 1 N–H and O–H groups in total. The molecule has 0 radical (unpaired) electrons. The average Bonchev–Trinajstić information content (AvgIpc) is 2.82. The number of amides is 1. The van der Waals surface area contributed by atoms with Crippen molar-refractivity contribution in [1.82, 2.24) is 14.5 Å². The van der Waals surface area contributed by atoms with Crippen LogP contribution < -0.4 is 10.9 Å². The van der Waals surface area contributed by atoms with Crippen molar-refractivity contribution in [2.45, 2.75) is 31.7 Å². The first-order valence-electron chi connectivity index (χ1n) is 11.4. The third kappa shape index (κ3) is 4.36. The molecule has 0 unspecified atom stereocenters. The van der Waals surface area contributed by atoms with Gasteiger partial charge in [0.25, 0.3) is 11.5 Å². The van der Waals surface area contributed by atoms with Crippen molar-refractivity contribution in [2.75, 3.05) is 25.0 Å². The molecule has 0 aliphatic carbocycles. The van der Waals surface area contributed by atoms with E-state index in [1.807, 2.05) is 10.6 Å². The highest BCUT2D eigenvalue weighted by Crippen LogP contribution is 2.35. The number of aromatic nitrogens is 2. The van der Waals surface area contributed by atoms with E-state index in [0.29, 0.717) is 23.1 Å². The fourth-order valence-electron chi connectivity index (χ4n) is 5.17. The van der Waals surface area contributed by atoms with Gasteiger partial charge in [-0.2, -0.15) is 0 Å². The number of aryl methyl sites for hydroxylation is 1. The van der Waals surface area contributed by atoms with E-state index in [4.69, 9.17) is 0 Å². The number of nitrogens with zero attached hydrogens (tertiary/aromatic N) is 3. The molecule has 164 valence electrons. The molecule has 1 aromatic carbocycles. The second-order valence-corrected chi connectivity index (χ2v) is 8.93. The van der Waals surface area contributed by atoms with Crippen LogP contribution in [0.1, 0.15) is 40.4 Å². The molecule has 2 aromatic heterocycles. The van der Waals surface area contributed by atoms with Gasteiger partial charge in [-0.3, -0.25) is 14.6 Å². The molecule has 2 aliphatic rings. The lowest BCUT2D eigenvalue weighted by Gasteiger charge is -2.43. The van der Waals surface area contributed by atoms with Crippen molar-refractivity contribution >= 4 is 11.6 Å². The number of carbonyl (C=O) groups excluding carboxylic acids is 1. The van der Waals surface area contributed by atoms with Crippen LogP contribution in [-0.4, -0.2) is 40.0 Å². The van der Waals surface area contributed by atoms with E-state index < -0.39 is 0 Å². The van der Waals surface area contributed by atoms with Crippen molar-refractivity contribution in [3.05, 3.63) is 94.2 Å². The zero-order chi connectivity index (χ0) is 21.9. The quantitative estimate of drug-likeness (QED) is 0.652. The number of likely N-dealkylation sites (tertiary alicyclic amines) is 1. The number of anilines is 1. The Labute approximate surface area is 187 Å². The van der Waals surface area contributed by atoms with Gasteiger partial charge in [-0.15, -0.1) is 0 Å². The number of hydrogen-bond acceptors (Lipinski definition) is 4. The summed E-state index contributed by atoms with van der Waals surface area (Å²) in [4.78, 5) is 32.1. The summed E-state index contributed by atoms with van der Waals surface area (Å²) in [5, 5.41) is 2.78. The number of rotatable bonds is 6. The molecule has 0 saturated carbocycles. The zero-order valence-corrected chi connectivity index (χ0v) is 18.1. The molecule has 1 amide bonds. The molecule has 2 aliphatic heterocycles. The molecule has 6 nitrogen and oxygen atoms in total. The Morgan fingerprint density at radius 2 is 1.81 bits per heavy atom. The first kappa shape index (κ1) is 20.6. The number of pyridine rings is 2. The molecular weight excluding hydrogens is 400 g/mol. The van der Waals surface area contributed by atoms with Crippen molar-refractivity contribution in [3.63, 3.8) is 0 Å². The minimum absolute atomic E-state index is 0.0999. The standard InChI is InChI=1S/C26H28N4O2/c31-25(21-10-12-27-13-11-21)28-23-8-9-24-22-15-20(17-30(24)26(23)32)16-29(18-22)14-4-7-19-5-2-1-3-6-19/h1-3,5-6,8-13,20,22H,4,7,14-18H2,(H,28,31)/t20-,22-/m1/s1. The minimum Gasteiger partial charge on any atom is -0.317 e. The van der Waals surface area contributed by atoms with Crippen molar-refractivity contribution in [2.24, 2.45) is 5.92 Å². The second-order valence-electron chi connectivity index (χ2n) is 8.93. The highest BCUT2D eigenvalue weighted by molar-refractivity contribution is 6.04. The van der Waals surface area contributed by atoms with Gasteiger partial charge in [0.2, 0.25) is 0 Å². The summed E-state index contributed by atoms with van der Waals surface area (Å²) >= 11 is 0. The van der Waals surface area contributed by atoms with Gasteiger partial charge in [0.1, 0.15) is 5.69 Å². The third-order valence-corrected chi connectivity index (χ3v) is 6.65. The van der Waals surface area contributed by atoms with E-state index in [-0.39, 0.29) is 11.5 Å². The van der Waals surface area contributed by atoms with Crippen molar-refractivity contribution < 1.29 is 4.79 Å². The average molecular weight is 429 g/mol. The Kier molecular flexibility index (Phi) is 5.86. The molecular formula is C26H28N4O2. The Morgan fingerprint density at radius 1 is 1.00 bits per heavy atom. The third-order valence-electron chi connectivity index (χ3n) is 6.65. The van der Waals surface area contributed by atoms with E-state index in [2.05, 4.69) is 45.5 Å². The van der Waals surface area contributed by atoms with Gasteiger partial charge in [0, 0.05) is 49.2 Å². The lowest BCUT2D eigenvalue weighted by molar-refractivity contribution is 0.102. The van der Waals surface area contributed by atoms with Gasteiger partial charge >= 0.3 is 0 Å². The van der Waals surface area contributed by atoms with Crippen LogP contribution in [0.15, 0.2) is 71.8 Å². The monoisotopic (exact) mass is 428 g/mol. The number of nitrogens with one attached hydrogen (secondary N) is 1. The summed E-state index contributed by atoms with van der Waals surface area (Å²) in [6, 6.07) is 17.7. The second kappa shape index (κ2) is 9.09. The molecule has 4 heterocycles. The maximum atomic E-state index is 13.1. The first-order valence-corrected chi connectivity index (χ1v) is 11.4. The topological polar surface area (TPSA) is 67.2 Å². The Bertz CT molecular complexity index is 1140. The van der Waals surface area contributed by atoms with Crippen molar-refractivity contribution in [1.29, 1.82) is 0 Å². The largest absolute Gasteiger partial charge is 0.317 e. The predicted octanol–water partition coefficient (Wildman–Crippen LogP) is 3.55. The lowest BCUT2D eigenvalue weighted by Crippen LogP contribution is -2.47. The predicted molar refractivity (Wildman–Crippen MR) is 125 cm³/mol. The molecule has 1 fully saturated rings. The Hall–Kier alpha value is -3.25. The van der Waals surface area contributed by atoms with E-state index >= 15 is 0 Å². The maximum Gasteiger partial charge on any atom is 0.274 e. The van der Waals surface area contributed by atoms with Crippen LogP contribution in [0, 0.1) is 5.92 Å². The molecule has 6 heteroatoms. The van der Waals surface area contributed by atoms with Crippen LogP contribution in [0.5, 0.6) is 0 Å². The smallest absolute Gasteiger partial charge is 0.274 e. The van der Waals surface area contributed by atoms with Crippen LogP contribution in [0.4, 0.5) is 5.69 Å². The van der Waals surface area contributed by atoms with Gasteiger partial charge in [0.15, 0.2) is 0 Å². The summed E-state index contributed by atoms with van der Waals surface area (Å²) in [6.45, 7) is 3.84. The number of hydrogen-bond donors (Lipinski definition) is 1. The summed E-state index contributed by atoms with van der Waals surface area (Å²) in [7, 11) is 0. The highest BCUT2D eigenvalue weighted by Gasteiger charge is 2.34. The van der Waals surface area contributed by atoms with Crippen LogP contribution in [0.25, 0.3) is 0 Å². The highest BCUT2D eigenvalue weighted by atomic mass is 16.2. The number of benzene rings is 1. The fourth-order valence-corrected chi connectivity index (χ4v) is 5.17. The molecule has 5 rings (SSSR count). The normalized spacial score (nSPS) is 19.9. The van der Waals surface area contributed by atoms with Gasteiger partial charge in [-0.25, -0.2) is 0 Å². The molecule has 1 saturated heterocycles. The summed E-state index contributed by atoms with van der Waals surface area (Å²) in [5.74, 6) is 0.560. The van der Waals surface area contributed by atoms with Crippen LogP contribution >= 0.6 is 0 Å². The summed E-state index contributed by atoms with van der Waals surface area (Å²) < 4.78 is 1.89. The van der Waals surface area contributed by atoms with Crippen LogP contribution in [0.3, 0.4) is 0 Å².